The number of nitrogens with zero attached hydrogens (tertiary/aromatic N) is 4. The summed E-state index contributed by atoms with van der Waals surface area (Å²) in [6.07, 6.45) is 5.35. The van der Waals surface area contributed by atoms with Crippen LogP contribution >= 0.6 is 11.3 Å². The number of aromatic nitrogens is 4. The van der Waals surface area contributed by atoms with E-state index in [0.717, 1.165) is 16.5 Å². The smallest absolute Gasteiger partial charge is 0.270 e. The van der Waals surface area contributed by atoms with Crippen molar-refractivity contribution in [1.29, 1.82) is 0 Å². The number of hydrogen-bond donors (Lipinski definition) is 1. The third-order valence-electron chi connectivity index (χ3n) is 3.10. The van der Waals surface area contributed by atoms with Gasteiger partial charge in [-0.15, -0.1) is 11.3 Å². The van der Waals surface area contributed by atoms with Gasteiger partial charge in [0, 0.05) is 37.1 Å². The van der Waals surface area contributed by atoms with Gasteiger partial charge >= 0.3 is 0 Å². The van der Waals surface area contributed by atoms with Gasteiger partial charge in [-0.2, -0.15) is 0 Å². The minimum Gasteiger partial charge on any atom is -0.349 e. The van der Waals surface area contributed by atoms with Crippen molar-refractivity contribution >= 4 is 17.2 Å². The van der Waals surface area contributed by atoms with Crippen LogP contribution in [0.4, 0.5) is 0 Å². The highest BCUT2D eigenvalue weighted by atomic mass is 32.1. The molecule has 0 aliphatic heterocycles. The van der Waals surface area contributed by atoms with Crippen LogP contribution in [0.25, 0.3) is 11.5 Å². The summed E-state index contributed by atoms with van der Waals surface area (Å²) in [7, 11) is 0. The van der Waals surface area contributed by atoms with E-state index in [1.54, 1.807) is 17.8 Å². The Balaban J connectivity index is 1.61. The Labute approximate surface area is 131 Å². The number of nitrogens with one attached hydrogen (secondary N) is 1. The number of rotatable bonds is 5. The molecular formula is C15H15N5OS. The third kappa shape index (κ3) is 3.20. The highest BCUT2D eigenvalue weighted by molar-refractivity contribution is 7.09. The second-order valence-electron chi connectivity index (χ2n) is 4.67. The lowest BCUT2D eigenvalue weighted by Gasteiger charge is -2.08. The Morgan fingerprint density at radius 3 is 2.95 bits per heavy atom. The second kappa shape index (κ2) is 6.48. The molecule has 3 rings (SSSR count). The molecule has 0 fully saturated rings. The van der Waals surface area contributed by atoms with E-state index in [4.69, 9.17) is 0 Å². The third-order valence-corrected chi connectivity index (χ3v) is 3.87. The summed E-state index contributed by atoms with van der Waals surface area (Å²) in [5.41, 5.74) is 1.28. The fraction of sp³-hybridized carbons (Fsp3) is 0.200. The van der Waals surface area contributed by atoms with Crippen LogP contribution in [0.3, 0.4) is 0 Å². The SMILES string of the molecule is Cc1nc(C(=O)NCCn2ccnc2-c2ccccn2)cs1. The number of carbonyl (C=O) groups is 1. The van der Waals surface area contributed by atoms with Crippen LogP contribution in [0.15, 0.2) is 42.2 Å². The first kappa shape index (κ1) is 14.4. The number of pyridine rings is 1. The molecule has 0 aromatic carbocycles. The van der Waals surface area contributed by atoms with Crippen molar-refractivity contribution in [2.75, 3.05) is 6.54 Å². The maximum Gasteiger partial charge on any atom is 0.270 e. The van der Waals surface area contributed by atoms with E-state index in [1.807, 2.05) is 35.9 Å². The van der Waals surface area contributed by atoms with E-state index in [1.165, 1.54) is 11.3 Å². The van der Waals surface area contributed by atoms with Crippen LogP contribution < -0.4 is 5.32 Å². The molecule has 1 amide bonds. The predicted octanol–water partition coefficient (Wildman–Crippen LogP) is 2.14. The first-order chi connectivity index (χ1) is 10.7. The maximum absolute atomic E-state index is 11.9. The second-order valence-corrected chi connectivity index (χ2v) is 5.73. The quantitative estimate of drug-likeness (QED) is 0.783. The van der Waals surface area contributed by atoms with E-state index >= 15 is 0 Å². The zero-order valence-electron chi connectivity index (χ0n) is 12.1. The van der Waals surface area contributed by atoms with Gasteiger partial charge in [-0.25, -0.2) is 9.97 Å². The molecule has 3 aromatic rings. The molecule has 0 spiro atoms. The van der Waals surface area contributed by atoms with Gasteiger partial charge in [-0.3, -0.25) is 9.78 Å². The van der Waals surface area contributed by atoms with Crippen molar-refractivity contribution in [3.8, 4) is 11.5 Å². The fourth-order valence-corrected chi connectivity index (χ4v) is 2.66. The van der Waals surface area contributed by atoms with Crippen LogP contribution in [-0.4, -0.2) is 32.0 Å². The van der Waals surface area contributed by atoms with Crippen molar-refractivity contribution in [2.45, 2.75) is 13.5 Å². The van der Waals surface area contributed by atoms with E-state index in [0.29, 0.717) is 18.8 Å². The zero-order valence-corrected chi connectivity index (χ0v) is 12.9. The van der Waals surface area contributed by atoms with Crippen molar-refractivity contribution in [3.63, 3.8) is 0 Å². The Morgan fingerprint density at radius 2 is 2.23 bits per heavy atom. The number of thiazole rings is 1. The number of aryl methyl sites for hydroxylation is 1. The lowest BCUT2D eigenvalue weighted by molar-refractivity contribution is 0.0948. The first-order valence-corrected chi connectivity index (χ1v) is 7.75. The average Bonchev–Trinajstić information content (AvgIpc) is 3.17. The minimum atomic E-state index is -0.149. The van der Waals surface area contributed by atoms with Crippen LogP contribution in [0.1, 0.15) is 15.5 Å². The molecule has 0 atom stereocenters. The summed E-state index contributed by atoms with van der Waals surface area (Å²) in [5, 5.41) is 5.52. The topological polar surface area (TPSA) is 72.7 Å². The van der Waals surface area contributed by atoms with Gasteiger partial charge in [0.25, 0.3) is 5.91 Å². The standard InChI is InChI=1S/C15H15N5OS/c1-11-19-13(10-22-11)15(21)18-7-9-20-8-6-17-14(20)12-4-2-3-5-16-12/h2-6,8,10H,7,9H2,1H3,(H,18,21). The summed E-state index contributed by atoms with van der Waals surface area (Å²) in [6.45, 7) is 3.01. The summed E-state index contributed by atoms with van der Waals surface area (Å²) in [5.74, 6) is 0.642. The summed E-state index contributed by atoms with van der Waals surface area (Å²) < 4.78 is 1.97. The highest BCUT2D eigenvalue weighted by Crippen LogP contribution is 2.13. The summed E-state index contributed by atoms with van der Waals surface area (Å²) >= 11 is 1.47. The van der Waals surface area contributed by atoms with Gasteiger partial charge < -0.3 is 9.88 Å². The fourth-order valence-electron chi connectivity index (χ4n) is 2.07. The molecule has 0 radical (unpaired) electrons. The molecule has 7 heteroatoms. The van der Waals surface area contributed by atoms with E-state index in [9.17, 15) is 4.79 Å². The molecule has 0 saturated carbocycles. The highest BCUT2D eigenvalue weighted by Gasteiger charge is 2.10. The van der Waals surface area contributed by atoms with Crippen molar-refractivity contribution < 1.29 is 4.79 Å². The Morgan fingerprint density at radius 1 is 1.32 bits per heavy atom. The van der Waals surface area contributed by atoms with E-state index < -0.39 is 0 Å². The normalized spacial score (nSPS) is 10.6. The Kier molecular flexibility index (Phi) is 4.24. The van der Waals surface area contributed by atoms with Crippen molar-refractivity contribution in [1.82, 2.24) is 24.8 Å². The molecule has 6 nitrogen and oxygen atoms in total. The molecule has 22 heavy (non-hydrogen) atoms. The van der Waals surface area contributed by atoms with Crippen molar-refractivity contribution in [2.24, 2.45) is 0 Å². The van der Waals surface area contributed by atoms with E-state index in [2.05, 4.69) is 20.3 Å². The number of amides is 1. The Bertz CT molecular complexity index is 765. The van der Waals surface area contributed by atoms with Crippen molar-refractivity contribution in [3.05, 3.63) is 52.9 Å². The Hall–Kier alpha value is -2.54. The number of hydrogen-bond acceptors (Lipinski definition) is 5. The zero-order chi connectivity index (χ0) is 15.4. The molecule has 1 N–H and O–H groups in total. The monoisotopic (exact) mass is 313 g/mol. The van der Waals surface area contributed by atoms with Gasteiger partial charge in [-0.1, -0.05) is 6.07 Å². The molecular weight excluding hydrogens is 298 g/mol. The van der Waals surface area contributed by atoms with Gasteiger partial charge in [0.1, 0.15) is 11.4 Å². The largest absolute Gasteiger partial charge is 0.349 e. The lowest BCUT2D eigenvalue weighted by Crippen LogP contribution is -2.27. The molecule has 3 heterocycles. The summed E-state index contributed by atoms with van der Waals surface area (Å²) in [6, 6.07) is 5.70. The van der Waals surface area contributed by atoms with Crippen LogP contribution in [0.5, 0.6) is 0 Å². The molecule has 0 bridgehead atoms. The molecule has 0 unspecified atom stereocenters. The molecule has 3 aromatic heterocycles. The first-order valence-electron chi connectivity index (χ1n) is 6.87. The van der Waals surface area contributed by atoms with Crippen LogP contribution in [0, 0.1) is 6.92 Å². The summed E-state index contributed by atoms with van der Waals surface area (Å²) in [4.78, 5) is 24.7. The van der Waals surface area contributed by atoms with Gasteiger partial charge in [0.2, 0.25) is 0 Å². The van der Waals surface area contributed by atoms with Crippen LogP contribution in [0.2, 0.25) is 0 Å². The van der Waals surface area contributed by atoms with Gasteiger partial charge in [0.15, 0.2) is 5.82 Å². The molecule has 0 aliphatic rings. The molecule has 112 valence electrons. The lowest BCUT2D eigenvalue weighted by atomic mass is 10.3. The number of imidazole rings is 1. The maximum atomic E-state index is 11.9. The predicted molar refractivity (Wildman–Crippen MR) is 84.6 cm³/mol. The van der Waals surface area contributed by atoms with E-state index in [-0.39, 0.29) is 5.91 Å². The van der Waals surface area contributed by atoms with Gasteiger partial charge in [0.05, 0.1) is 5.01 Å². The molecule has 0 aliphatic carbocycles. The average molecular weight is 313 g/mol. The van der Waals surface area contributed by atoms with Crippen LogP contribution in [-0.2, 0) is 6.54 Å². The minimum absolute atomic E-state index is 0.149. The number of carbonyl (C=O) groups excluding carboxylic acids is 1. The van der Waals surface area contributed by atoms with Gasteiger partial charge in [-0.05, 0) is 19.1 Å². The molecule has 0 saturated heterocycles.